The Morgan fingerprint density at radius 3 is 2.44 bits per heavy atom. The molecule has 0 rings (SSSR count). The van der Waals surface area contributed by atoms with Gasteiger partial charge in [-0.3, -0.25) is 4.99 Å². The lowest BCUT2D eigenvalue weighted by Gasteiger charge is -2.13. The molecular weight excluding hydrogens is 178 g/mol. The summed E-state index contributed by atoms with van der Waals surface area (Å²) in [6.07, 6.45) is 2.00. The first-order valence-electron chi connectivity index (χ1n) is 3.19. The van der Waals surface area contributed by atoms with E-state index in [4.69, 9.17) is 0 Å². The predicted molar refractivity (Wildman–Crippen MR) is 46.6 cm³/mol. The maximum Gasteiger partial charge on any atom is 0.0357 e. The molecule has 1 nitrogen and oxygen atoms in total. The number of hydrogen-bond acceptors (Lipinski definition) is 1. The van der Waals surface area contributed by atoms with Crippen LogP contribution in [0.2, 0.25) is 0 Å². The van der Waals surface area contributed by atoms with Crippen LogP contribution in [0, 0.1) is 5.41 Å². The highest BCUT2D eigenvalue weighted by Crippen LogP contribution is 2.14. The van der Waals surface area contributed by atoms with Crippen LogP contribution in [0.5, 0.6) is 0 Å². The van der Waals surface area contributed by atoms with E-state index in [9.17, 15) is 0 Å². The molecule has 9 heavy (non-hydrogen) atoms. The zero-order valence-electron chi connectivity index (χ0n) is 6.32. The zero-order chi connectivity index (χ0) is 7.33. The molecule has 0 atom stereocenters. The van der Waals surface area contributed by atoms with E-state index >= 15 is 0 Å². The minimum atomic E-state index is 0.218. The Labute approximate surface area is 65.7 Å². The first-order valence-corrected chi connectivity index (χ1v) is 4.31. The summed E-state index contributed by atoms with van der Waals surface area (Å²) in [5.74, 6) is 0. The lowest BCUT2D eigenvalue weighted by Crippen LogP contribution is -2.14. The summed E-state index contributed by atoms with van der Waals surface area (Å²) >= 11 is 3.41. The van der Waals surface area contributed by atoms with Gasteiger partial charge in [0.15, 0.2) is 0 Å². The summed E-state index contributed by atoms with van der Waals surface area (Å²) in [4.78, 5) is 4.16. The Hall–Kier alpha value is 0.150. The third-order valence-electron chi connectivity index (χ3n) is 0.968. The Kier molecular flexibility index (Phi) is 4.11. The fourth-order valence-electron chi connectivity index (χ4n) is 0.373. The zero-order valence-corrected chi connectivity index (χ0v) is 7.90. The second-order valence-corrected chi connectivity index (χ2v) is 3.31. The molecule has 0 aliphatic carbocycles. The van der Waals surface area contributed by atoms with E-state index in [0.29, 0.717) is 0 Å². The van der Waals surface area contributed by atoms with Gasteiger partial charge in [-0.2, -0.15) is 0 Å². The summed E-state index contributed by atoms with van der Waals surface area (Å²) in [5, 5.41) is 0.976. The van der Waals surface area contributed by atoms with Crippen molar-refractivity contribution < 1.29 is 0 Å². The van der Waals surface area contributed by atoms with Gasteiger partial charge in [0.05, 0.1) is 0 Å². The highest BCUT2D eigenvalue weighted by Gasteiger charge is 2.10. The van der Waals surface area contributed by atoms with Gasteiger partial charge in [-0.05, 0) is 6.92 Å². The molecule has 0 saturated carbocycles. The van der Waals surface area contributed by atoms with Crippen LogP contribution >= 0.6 is 15.9 Å². The number of halogens is 1. The van der Waals surface area contributed by atoms with E-state index in [0.717, 1.165) is 11.9 Å². The van der Waals surface area contributed by atoms with Crippen molar-refractivity contribution in [2.75, 3.05) is 11.9 Å². The first kappa shape index (κ1) is 9.15. The summed E-state index contributed by atoms with van der Waals surface area (Å²) in [6, 6.07) is 0. The number of rotatable bonds is 3. The van der Waals surface area contributed by atoms with Gasteiger partial charge in [0, 0.05) is 23.5 Å². The molecule has 0 spiro atoms. The highest BCUT2D eigenvalue weighted by molar-refractivity contribution is 9.09. The number of hydrogen-bond donors (Lipinski definition) is 0. The van der Waals surface area contributed by atoms with Gasteiger partial charge in [0.2, 0.25) is 0 Å². The van der Waals surface area contributed by atoms with Gasteiger partial charge >= 0.3 is 0 Å². The molecule has 0 aliphatic rings. The molecule has 0 fully saturated rings. The van der Waals surface area contributed by atoms with Crippen molar-refractivity contribution in [3.63, 3.8) is 0 Å². The van der Waals surface area contributed by atoms with Gasteiger partial charge in [-0.25, -0.2) is 0 Å². The minimum Gasteiger partial charge on any atom is -0.297 e. The molecule has 0 aromatic carbocycles. The van der Waals surface area contributed by atoms with Gasteiger partial charge in [-0.15, -0.1) is 0 Å². The largest absolute Gasteiger partial charge is 0.297 e. The van der Waals surface area contributed by atoms with Crippen molar-refractivity contribution in [1.29, 1.82) is 0 Å². The number of nitrogens with zero attached hydrogens (tertiary/aromatic N) is 1. The van der Waals surface area contributed by atoms with Crippen LogP contribution in [0.25, 0.3) is 0 Å². The van der Waals surface area contributed by atoms with Gasteiger partial charge in [-0.1, -0.05) is 29.8 Å². The molecule has 0 amide bonds. The molecule has 0 aromatic heterocycles. The Bertz CT molecular complexity index is 97.1. The molecule has 0 unspecified atom stereocenters. The summed E-state index contributed by atoms with van der Waals surface area (Å²) < 4.78 is 0. The Balaban J connectivity index is 3.70. The number of alkyl halides is 1. The Morgan fingerprint density at radius 1 is 1.56 bits per heavy atom. The van der Waals surface area contributed by atoms with Crippen LogP contribution in [0.4, 0.5) is 0 Å². The molecule has 2 heteroatoms. The summed E-state index contributed by atoms with van der Waals surface area (Å²) in [5.41, 5.74) is 0.218. The van der Waals surface area contributed by atoms with E-state index in [1.54, 1.807) is 0 Å². The molecule has 0 bridgehead atoms. The first-order chi connectivity index (χ1) is 4.12. The average Bonchev–Trinajstić information content (AvgIpc) is 1.84. The Morgan fingerprint density at radius 2 is 2.11 bits per heavy atom. The molecule has 0 radical (unpaired) electrons. The van der Waals surface area contributed by atoms with Gasteiger partial charge < -0.3 is 0 Å². The van der Waals surface area contributed by atoms with E-state index in [2.05, 4.69) is 34.8 Å². The summed E-state index contributed by atoms with van der Waals surface area (Å²) in [6.45, 7) is 7.24. The third-order valence-corrected chi connectivity index (χ3v) is 2.41. The molecule has 0 heterocycles. The van der Waals surface area contributed by atoms with Crippen molar-refractivity contribution in [3.8, 4) is 0 Å². The molecule has 0 aliphatic heterocycles. The van der Waals surface area contributed by atoms with Crippen molar-refractivity contribution >= 4 is 22.1 Å². The fraction of sp³-hybridized carbons (Fsp3) is 0.857. The van der Waals surface area contributed by atoms with E-state index in [-0.39, 0.29) is 5.41 Å². The smallest absolute Gasteiger partial charge is 0.0357 e. The lowest BCUT2D eigenvalue weighted by atomic mass is 9.99. The summed E-state index contributed by atoms with van der Waals surface area (Å²) in [7, 11) is 0. The van der Waals surface area contributed by atoms with Gasteiger partial charge in [0.1, 0.15) is 0 Å². The maximum atomic E-state index is 4.16. The van der Waals surface area contributed by atoms with Crippen molar-refractivity contribution in [2.24, 2.45) is 10.4 Å². The van der Waals surface area contributed by atoms with E-state index < -0.39 is 0 Å². The molecule has 0 saturated heterocycles. The average molecular weight is 192 g/mol. The third kappa shape index (κ3) is 4.64. The van der Waals surface area contributed by atoms with Gasteiger partial charge in [0.25, 0.3) is 0 Å². The normalized spacial score (nSPS) is 12.9. The second-order valence-electron chi connectivity index (χ2n) is 2.75. The lowest BCUT2D eigenvalue weighted by molar-refractivity contribution is 0.622. The van der Waals surface area contributed by atoms with Crippen LogP contribution in [-0.4, -0.2) is 18.1 Å². The quantitative estimate of drug-likeness (QED) is 0.481. The van der Waals surface area contributed by atoms with E-state index in [1.807, 2.05) is 13.1 Å². The monoisotopic (exact) mass is 191 g/mol. The molecule has 0 N–H and O–H groups in total. The highest BCUT2D eigenvalue weighted by atomic mass is 79.9. The maximum absolute atomic E-state index is 4.16. The number of aliphatic imine (C=N–C) groups is 1. The van der Waals surface area contributed by atoms with Crippen LogP contribution in [0.1, 0.15) is 20.8 Å². The van der Waals surface area contributed by atoms with Crippen LogP contribution in [-0.2, 0) is 0 Å². The van der Waals surface area contributed by atoms with Crippen LogP contribution in [0.3, 0.4) is 0 Å². The minimum absolute atomic E-state index is 0.218. The van der Waals surface area contributed by atoms with E-state index in [1.165, 1.54) is 0 Å². The molecule has 54 valence electrons. The van der Waals surface area contributed by atoms with Crippen LogP contribution < -0.4 is 0 Å². The van der Waals surface area contributed by atoms with Crippen LogP contribution in [0.15, 0.2) is 4.99 Å². The molecule has 0 aromatic rings. The van der Waals surface area contributed by atoms with Crippen molar-refractivity contribution in [2.45, 2.75) is 20.8 Å². The topological polar surface area (TPSA) is 12.4 Å². The second kappa shape index (κ2) is 4.04. The fourth-order valence-corrected chi connectivity index (χ4v) is 0.518. The standard InChI is InChI=1S/C7H14BrN/c1-4-9-6-7(2,3)5-8/h6H,4-5H2,1-3H3. The van der Waals surface area contributed by atoms with Crippen molar-refractivity contribution in [1.82, 2.24) is 0 Å². The molecular formula is C7H14BrN. The predicted octanol–water partition coefficient (Wildman–Crippen LogP) is 2.50. The van der Waals surface area contributed by atoms with Crippen molar-refractivity contribution in [3.05, 3.63) is 0 Å². The SMILES string of the molecule is CCN=CC(C)(C)CBr.